The van der Waals surface area contributed by atoms with Crippen molar-refractivity contribution in [3.63, 3.8) is 0 Å². The van der Waals surface area contributed by atoms with E-state index >= 15 is 0 Å². The maximum Gasteiger partial charge on any atom is 0.330 e. The lowest BCUT2D eigenvalue weighted by Gasteiger charge is -2.28. The Morgan fingerprint density at radius 2 is 2.35 bits per heavy atom. The van der Waals surface area contributed by atoms with Crippen LogP contribution in [0.15, 0.2) is 36.1 Å². The van der Waals surface area contributed by atoms with Crippen molar-refractivity contribution in [2.45, 2.75) is 18.9 Å². The molecule has 0 aliphatic heterocycles. The third kappa shape index (κ3) is 3.75. The molecule has 0 saturated heterocycles. The van der Waals surface area contributed by atoms with Crippen molar-refractivity contribution in [2.75, 3.05) is 20.7 Å². The summed E-state index contributed by atoms with van der Waals surface area (Å²) in [5.41, 5.74) is 0.785. The molecular formula is C13H20N2O2. The van der Waals surface area contributed by atoms with Crippen LogP contribution in [0.3, 0.4) is 0 Å². The van der Waals surface area contributed by atoms with Gasteiger partial charge in [0.1, 0.15) is 0 Å². The van der Waals surface area contributed by atoms with Crippen LogP contribution < -0.4 is 10.6 Å². The van der Waals surface area contributed by atoms with E-state index in [9.17, 15) is 4.79 Å². The molecule has 1 unspecified atom stereocenters. The van der Waals surface area contributed by atoms with Gasteiger partial charge in [-0.05, 0) is 26.5 Å². The van der Waals surface area contributed by atoms with Gasteiger partial charge in [0.2, 0.25) is 0 Å². The van der Waals surface area contributed by atoms with Crippen LogP contribution in [0.4, 0.5) is 0 Å². The summed E-state index contributed by atoms with van der Waals surface area (Å²) in [6, 6.07) is 0. The Labute approximate surface area is 102 Å². The van der Waals surface area contributed by atoms with E-state index in [4.69, 9.17) is 4.74 Å². The van der Waals surface area contributed by atoms with E-state index < -0.39 is 0 Å². The van der Waals surface area contributed by atoms with Crippen LogP contribution in [0.1, 0.15) is 13.3 Å². The van der Waals surface area contributed by atoms with Gasteiger partial charge < -0.3 is 15.4 Å². The standard InChI is InChI=1S/C13H20N2O2/c1-4-17-12(16)7-10-13(15-3)8-5-11(14-2)6-9-13/h5-8,10,14-15H,4,9H2,1-3H3. The van der Waals surface area contributed by atoms with Crippen molar-refractivity contribution >= 4 is 5.97 Å². The van der Waals surface area contributed by atoms with Gasteiger partial charge in [0.25, 0.3) is 0 Å². The van der Waals surface area contributed by atoms with E-state index in [1.165, 1.54) is 6.08 Å². The fourth-order valence-electron chi connectivity index (χ4n) is 1.64. The summed E-state index contributed by atoms with van der Waals surface area (Å²) in [4.78, 5) is 11.3. The molecule has 0 heterocycles. The molecule has 0 spiro atoms. The summed E-state index contributed by atoms with van der Waals surface area (Å²) >= 11 is 0. The number of nitrogens with one attached hydrogen (secondary N) is 2. The Bertz CT molecular complexity index is 358. The normalized spacial score (nSPS) is 23.6. The number of allylic oxidation sites excluding steroid dienone is 1. The minimum absolute atomic E-state index is 0.299. The molecule has 0 aromatic carbocycles. The highest BCUT2D eigenvalue weighted by Crippen LogP contribution is 2.21. The fourth-order valence-corrected chi connectivity index (χ4v) is 1.64. The van der Waals surface area contributed by atoms with Gasteiger partial charge in [0.05, 0.1) is 12.1 Å². The summed E-state index contributed by atoms with van der Waals surface area (Å²) < 4.78 is 4.86. The van der Waals surface area contributed by atoms with Crippen molar-refractivity contribution in [1.82, 2.24) is 10.6 Å². The molecule has 94 valence electrons. The number of esters is 1. The second-order valence-electron chi connectivity index (χ2n) is 3.82. The Morgan fingerprint density at radius 3 is 2.82 bits per heavy atom. The van der Waals surface area contributed by atoms with Gasteiger partial charge in [-0.2, -0.15) is 0 Å². The highest BCUT2D eigenvalue weighted by molar-refractivity contribution is 5.82. The zero-order chi connectivity index (χ0) is 12.7. The first kappa shape index (κ1) is 13.5. The molecule has 4 heteroatoms. The van der Waals surface area contributed by atoms with Crippen LogP contribution in [-0.4, -0.2) is 32.2 Å². The first-order valence-electron chi connectivity index (χ1n) is 5.78. The van der Waals surface area contributed by atoms with Crippen molar-refractivity contribution in [1.29, 1.82) is 0 Å². The van der Waals surface area contributed by atoms with Gasteiger partial charge in [-0.15, -0.1) is 0 Å². The number of carbonyl (C=O) groups is 1. The summed E-state index contributed by atoms with van der Waals surface area (Å²) in [6.07, 6.45) is 10.2. The summed E-state index contributed by atoms with van der Waals surface area (Å²) in [5.74, 6) is -0.307. The molecule has 0 saturated carbocycles. The van der Waals surface area contributed by atoms with E-state index in [2.05, 4.69) is 16.7 Å². The average molecular weight is 236 g/mol. The van der Waals surface area contributed by atoms with Gasteiger partial charge in [-0.25, -0.2) is 4.79 Å². The molecule has 17 heavy (non-hydrogen) atoms. The lowest BCUT2D eigenvalue weighted by Crippen LogP contribution is -2.40. The fraction of sp³-hybridized carbons (Fsp3) is 0.462. The first-order valence-corrected chi connectivity index (χ1v) is 5.78. The largest absolute Gasteiger partial charge is 0.463 e. The predicted octanol–water partition coefficient (Wildman–Crippen LogP) is 1.13. The average Bonchev–Trinajstić information content (AvgIpc) is 2.37. The second-order valence-corrected chi connectivity index (χ2v) is 3.82. The van der Waals surface area contributed by atoms with Crippen LogP contribution in [0.2, 0.25) is 0 Å². The molecule has 1 aliphatic carbocycles. The third-order valence-electron chi connectivity index (χ3n) is 2.78. The lowest BCUT2D eigenvalue weighted by atomic mass is 9.90. The molecule has 4 nitrogen and oxygen atoms in total. The lowest BCUT2D eigenvalue weighted by molar-refractivity contribution is -0.137. The van der Waals surface area contributed by atoms with Gasteiger partial charge in [-0.1, -0.05) is 18.2 Å². The van der Waals surface area contributed by atoms with Crippen molar-refractivity contribution < 1.29 is 9.53 Å². The molecule has 0 aromatic heterocycles. The molecular weight excluding hydrogens is 216 g/mol. The predicted molar refractivity (Wildman–Crippen MR) is 68.5 cm³/mol. The molecule has 1 aliphatic rings. The van der Waals surface area contributed by atoms with E-state index in [0.717, 1.165) is 12.1 Å². The number of hydrogen-bond donors (Lipinski definition) is 2. The molecule has 0 fully saturated rings. The second kappa shape index (κ2) is 6.25. The van der Waals surface area contributed by atoms with Gasteiger partial charge in [0, 0.05) is 18.8 Å². The van der Waals surface area contributed by atoms with Gasteiger partial charge in [0.15, 0.2) is 0 Å². The molecule has 0 amide bonds. The van der Waals surface area contributed by atoms with Crippen LogP contribution in [0.5, 0.6) is 0 Å². The van der Waals surface area contributed by atoms with E-state index in [1.54, 1.807) is 6.92 Å². The molecule has 2 N–H and O–H groups in total. The monoisotopic (exact) mass is 236 g/mol. The zero-order valence-electron chi connectivity index (χ0n) is 10.6. The van der Waals surface area contributed by atoms with Crippen molar-refractivity contribution in [2.24, 2.45) is 0 Å². The summed E-state index contributed by atoms with van der Waals surface area (Å²) in [5, 5.41) is 6.29. The minimum atomic E-state index is -0.307. The van der Waals surface area contributed by atoms with E-state index in [-0.39, 0.29) is 11.5 Å². The van der Waals surface area contributed by atoms with Crippen molar-refractivity contribution in [3.8, 4) is 0 Å². The van der Waals surface area contributed by atoms with Crippen LogP contribution in [-0.2, 0) is 9.53 Å². The Hall–Kier alpha value is -1.55. The van der Waals surface area contributed by atoms with Crippen LogP contribution in [0.25, 0.3) is 0 Å². The van der Waals surface area contributed by atoms with Gasteiger partial charge >= 0.3 is 5.97 Å². The van der Waals surface area contributed by atoms with Crippen LogP contribution >= 0.6 is 0 Å². The number of ether oxygens (including phenoxy) is 1. The minimum Gasteiger partial charge on any atom is -0.463 e. The Morgan fingerprint density at radius 1 is 1.59 bits per heavy atom. The van der Waals surface area contributed by atoms with Gasteiger partial charge in [-0.3, -0.25) is 0 Å². The highest BCUT2D eigenvalue weighted by Gasteiger charge is 2.23. The van der Waals surface area contributed by atoms with Crippen LogP contribution in [0, 0.1) is 0 Å². The third-order valence-corrected chi connectivity index (χ3v) is 2.78. The highest BCUT2D eigenvalue weighted by atomic mass is 16.5. The number of carbonyl (C=O) groups excluding carboxylic acids is 1. The number of hydrogen-bond acceptors (Lipinski definition) is 4. The van der Waals surface area contributed by atoms with E-state index in [1.807, 2.05) is 32.3 Å². The zero-order valence-corrected chi connectivity index (χ0v) is 10.6. The summed E-state index contributed by atoms with van der Waals surface area (Å²) in [6.45, 7) is 2.19. The maximum atomic E-state index is 11.3. The molecule has 1 atom stereocenters. The quantitative estimate of drug-likeness (QED) is 0.555. The maximum absolute atomic E-state index is 11.3. The van der Waals surface area contributed by atoms with Crippen molar-refractivity contribution in [3.05, 3.63) is 36.1 Å². The smallest absolute Gasteiger partial charge is 0.330 e. The topological polar surface area (TPSA) is 50.4 Å². The number of likely N-dealkylation sites (N-methyl/N-ethyl adjacent to an activating group) is 2. The van der Waals surface area contributed by atoms with E-state index in [0.29, 0.717) is 6.61 Å². The number of rotatable bonds is 5. The Kier molecular flexibility index (Phi) is 4.97. The molecule has 0 aromatic rings. The molecule has 1 rings (SSSR count). The molecule has 0 bridgehead atoms. The first-order chi connectivity index (χ1) is 8.15. The Balaban J connectivity index is 2.70. The SMILES string of the molecule is CCOC(=O)C=CC1(NC)C=CC(NC)=CC1. The summed E-state index contributed by atoms with van der Waals surface area (Å²) in [7, 11) is 3.76. The molecule has 0 radical (unpaired) electrons.